The summed E-state index contributed by atoms with van der Waals surface area (Å²) in [5, 5.41) is 0. The molecule has 166 valence electrons. The molecular formula is C21H26F3NO5. The number of alkyl halides is 3. The van der Waals surface area contributed by atoms with Crippen LogP contribution >= 0.6 is 0 Å². The molecule has 30 heavy (non-hydrogen) atoms. The zero-order valence-corrected chi connectivity index (χ0v) is 17.4. The van der Waals surface area contributed by atoms with E-state index in [0.29, 0.717) is 12.8 Å². The number of carbonyl (C=O) groups is 2. The van der Waals surface area contributed by atoms with Crippen molar-refractivity contribution in [3.63, 3.8) is 0 Å². The van der Waals surface area contributed by atoms with Crippen LogP contribution in [0, 0.1) is 0 Å². The first-order chi connectivity index (χ1) is 13.9. The number of ether oxygens (including phenoxy) is 3. The minimum atomic E-state index is -5.04. The number of benzene rings is 1. The van der Waals surface area contributed by atoms with Gasteiger partial charge in [-0.3, -0.25) is 4.90 Å². The molecule has 0 aliphatic carbocycles. The second kappa shape index (κ2) is 7.76. The van der Waals surface area contributed by atoms with Crippen molar-refractivity contribution < 1.29 is 37.0 Å². The van der Waals surface area contributed by atoms with E-state index in [4.69, 9.17) is 14.2 Å². The molecule has 0 saturated carbocycles. The van der Waals surface area contributed by atoms with Gasteiger partial charge in [0.25, 0.3) is 5.60 Å². The number of carbonyl (C=O) groups excluding carboxylic acids is 2. The van der Waals surface area contributed by atoms with Gasteiger partial charge in [-0.05, 0) is 33.6 Å². The van der Waals surface area contributed by atoms with Gasteiger partial charge in [0.05, 0.1) is 6.04 Å². The van der Waals surface area contributed by atoms with Gasteiger partial charge >= 0.3 is 18.2 Å². The number of esters is 1. The van der Waals surface area contributed by atoms with E-state index in [-0.39, 0.29) is 18.0 Å². The fraction of sp³-hybridized carbons (Fsp3) is 0.619. The fourth-order valence-electron chi connectivity index (χ4n) is 4.27. The molecule has 0 N–H and O–H groups in total. The number of fused-ring (bicyclic) bond motifs is 2. The van der Waals surface area contributed by atoms with Crippen molar-refractivity contribution in [2.45, 2.75) is 75.6 Å². The molecule has 2 heterocycles. The SMILES string of the molecule is CO[C@](C(=O)O[C@@H]1C[C@H]2CC[C@@H]1N2C(=O)OC(C)(C)C)(c1ccccc1)C(F)(F)F. The van der Waals surface area contributed by atoms with Crippen molar-refractivity contribution in [3.05, 3.63) is 35.9 Å². The van der Waals surface area contributed by atoms with Crippen LogP contribution in [0.25, 0.3) is 0 Å². The standard InChI is InChI=1S/C21H26F3NO5/c1-19(2,3)30-18(27)25-14-10-11-15(25)16(12-14)29-17(26)20(28-4,21(22,23)24)13-8-6-5-7-9-13/h5-9,14-16H,10-12H2,1-4H3/t14-,15+,16-,20+/m1/s1. The van der Waals surface area contributed by atoms with Crippen LogP contribution < -0.4 is 0 Å². The van der Waals surface area contributed by atoms with E-state index in [9.17, 15) is 22.8 Å². The van der Waals surface area contributed by atoms with Crippen LogP contribution in [0.3, 0.4) is 0 Å². The maximum atomic E-state index is 14.1. The summed E-state index contributed by atoms with van der Waals surface area (Å²) in [4.78, 5) is 26.9. The van der Waals surface area contributed by atoms with Gasteiger partial charge in [0, 0.05) is 25.1 Å². The van der Waals surface area contributed by atoms with Crippen LogP contribution in [-0.4, -0.2) is 54.0 Å². The maximum Gasteiger partial charge on any atom is 0.432 e. The van der Waals surface area contributed by atoms with E-state index in [1.807, 2.05) is 0 Å². The molecule has 1 aromatic rings. The molecular weight excluding hydrogens is 403 g/mol. The largest absolute Gasteiger partial charge is 0.457 e. The highest BCUT2D eigenvalue weighted by Gasteiger charge is 2.65. The van der Waals surface area contributed by atoms with Crippen LogP contribution in [0.1, 0.15) is 45.6 Å². The van der Waals surface area contributed by atoms with E-state index in [1.54, 1.807) is 26.8 Å². The van der Waals surface area contributed by atoms with Crippen molar-refractivity contribution in [3.8, 4) is 0 Å². The van der Waals surface area contributed by atoms with Gasteiger partial charge in [0.2, 0.25) is 0 Å². The number of rotatable bonds is 4. The number of halogens is 3. The van der Waals surface area contributed by atoms with E-state index >= 15 is 0 Å². The summed E-state index contributed by atoms with van der Waals surface area (Å²) in [6, 6.07) is 5.92. The van der Waals surface area contributed by atoms with Crippen molar-refractivity contribution in [2.75, 3.05) is 7.11 Å². The van der Waals surface area contributed by atoms with E-state index in [2.05, 4.69) is 0 Å². The highest BCUT2D eigenvalue weighted by atomic mass is 19.4. The summed E-state index contributed by atoms with van der Waals surface area (Å²) in [6.45, 7) is 5.20. The third-order valence-electron chi connectivity index (χ3n) is 5.52. The molecule has 1 aromatic carbocycles. The molecule has 2 fully saturated rings. The quantitative estimate of drug-likeness (QED) is 0.672. The minimum Gasteiger partial charge on any atom is -0.457 e. The Morgan fingerprint density at radius 1 is 1.07 bits per heavy atom. The van der Waals surface area contributed by atoms with Gasteiger partial charge in [0.15, 0.2) is 0 Å². The van der Waals surface area contributed by atoms with Crippen LogP contribution in [0.15, 0.2) is 30.3 Å². The van der Waals surface area contributed by atoms with Gasteiger partial charge in [-0.1, -0.05) is 30.3 Å². The normalized spacial score (nSPS) is 25.7. The Morgan fingerprint density at radius 3 is 2.23 bits per heavy atom. The predicted octanol–water partition coefficient (Wildman–Crippen LogP) is 4.17. The number of nitrogens with zero attached hydrogens (tertiary/aromatic N) is 1. The lowest BCUT2D eigenvalue weighted by atomic mass is 9.92. The third-order valence-corrected chi connectivity index (χ3v) is 5.52. The van der Waals surface area contributed by atoms with Crippen LogP contribution in [-0.2, 0) is 24.6 Å². The van der Waals surface area contributed by atoms with E-state index in [0.717, 1.165) is 7.11 Å². The summed E-state index contributed by atoms with van der Waals surface area (Å²) in [7, 11) is 0.829. The zero-order valence-electron chi connectivity index (χ0n) is 17.4. The average molecular weight is 429 g/mol. The van der Waals surface area contributed by atoms with Gasteiger partial charge in [-0.25, -0.2) is 9.59 Å². The van der Waals surface area contributed by atoms with Crippen molar-refractivity contribution >= 4 is 12.1 Å². The lowest BCUT2D eigenvalue weighted by Crippen LogP contribution is -2.53. The van der Waals surface area contributed by atoms with Crippen molar-refractivity contribution in [2.24, 2.45) is 0 Å². The second-order valence-electron chi connectivity index (χ2n) is 8.61. The Labute approximate surface area is 173 Å². The van der Waals surface area contributed by atoms with E-state index < -0.39 is 41.6 Å². The first-order valence-electron chi connectivity index (χ1n) is 9.80. The molecule has 2 saturated heterocycles. The second-order valence-corrected chi connectivity index (χ2v) is 8.61. The molecule has 1 amide bonds. The molecule has 4 atom stereocenters. The smallest absolute Gasteiger partial charge is 0.432 e. The molecule has 2 aliphatic rings. The maximum absolute atomic E-state index is 14.1. The highest BCUT2D eigenvalue weighted by Crippen LogP contribution is 2.45. The van der Waals surface area contributed by atoms with Crippen molar-refractivity contribution in [1.82, 2.24) is 4.90 Å². The first kappa shape index (κ1) is 22.4. The van der Waals surface area contributed by atoms with Crippen LogP contribution in [0.4, 0.5) is 18.0 Å². The van der Waals surface area contributed by atoms with Gasteiger partial charge < -0.3 is 14.2 Å². The Kier molecular flexibility index (Phi) is 5.79. The number of amides is 1. The molecule has 0 radical (unpaired) electrons. The minimum absolute atomic E-state index is 0.234. The Bertz CT molecular complexity index is 792. The highest BCUT2D eigenvalue weighted by molar-refractivity contribution is 5.83. The number of methoxy groups -OCH3 is 1. The van der Waals surface area contributed by atoms with E-state index in [1.165, 1.54) is 29.2 Å². The molecule has 2 bridgehead atoms. The summed E-state index contributed by atoms with van der Waals surface area (Å²) >= 11 is 0. The third kappa shape index (κ3) is 3.87. The van der Waals surface area contributed by atoms with Gasteiger partial charge in [-0.15, -0.1) is 0 Å². The number of hydrogen-bond acceptors (Lipinski definition) is 5. The summed E-state index contributed by atoms with van der Waals surface area (Å²) in [6.07, 6.45) is -4.97. The molecule has 3 rings (SSSR count). The molecule has 0 unspecified atom stereocenters. The zero-order chi connectivity index (χ0) is 22.3. The Hall–Kier alpha value is -2.29. The summed E-state index contributed by atoms with van der Waals surface area (Å²) in [5.74, 6) is -1.54. The Morgan fingerprint density at radius 2 is 1.70 bits per heavy atom. The number of hydrogen-bond donors (Lipinski definition) is 0. The summed E-state index contributed by atoms with van der Waals surface area (Å²) < 4.78 is 57.7. The lowest BCUT2D eigenvalue weighted by Gasteiger charge is -2.34. The Balaban J connectivity index is 1.83. The molecule has 6 nitrogen and oxygen atoms in total. The summed E-state index contributed by atoms with van der Waals surface area (Å²) in [5.41, 5.74) is -4.32. The molecule has 0 spiro atoms. The van der Waals surface area contributed by atoms with Crippen LogP contribution in [0.2, 0.25) is 0 Å². The van der Waals surface area contributed by atoms with Gasteiger partial charge in [-0.2, -0.15) is 13.2 Å². The molecule has 0 aromatic heterocycles. The monoisotopic (exact) mass is 429 g/mol. The average Bonchev–Trinajstić information content (AvgIpc) is 3.19. The molecule has 9 heteroatoms. The lowest BCUT2D eigenvalue weighted by molar-refractivity contribution is -0.278. The van der Waals surface area contributed by atoms with Crippen LogP contribution in [0.5, 0.6) is 0 Å². The first-order valence-corrected chi connectivity index (χ1v) is 9.80. The predicted molar refractivity (Wildman–Crippen MR) is 101 cm³/mol. The molecule has 2 aliphatic heterocycles. The fourth-order valence-corrected chi connectivity index (χ4v) is 4.27. The van der Waals surface area contributed by atoms with Crippen molar-refractivity contribution in [1.29, 1.82) is 0 Å². The topological polar surface area (TPSA) is 65.1 Å². The van der Waals surface area contributed by atoms with Gasteiger partial charge in [0.1, 0.15) is 11.7 Å².